The zero-order valence-corrected chi connectivity index (χ0v) is 11.4. The van der Waals surface area contributed by atoms with Crippen LogP contribution < -0.4 is 5.32 Å². The fourth-order valence-corrected chi connectivity index (χ4v) is 3.65. The van der Waals surface area contributed by atoms with Crippen LogP contribution in [0.15, 0.2) is 0 Å². The Morgan fingerprint density at radius 2 is 2.06 bits per heavy atom. The monoisotopic (exact) mass is 240 g/mol. The maximum Gasteiger partial charge on any atom is 0.0695 e. The highest BCUT2D eigenvalue weighted by atomic mass is 16.3. The third-order valence-electron chi connectivity index (χ3n) is 4.67. The Kier molecular flexibility index (Phi) is 4.83. The summed E-state index contributed by atoms with van der Waals surface area (Å²) < 4.78 is 0. The first kappa shape index (κ1) is 13.3. The van der Waals surface area contributed by atoms with Gasteiger partial charge in [0.15, 0.2) is 0 Å². The maximum atomic E-state index is 10.0. The molecule has 100 valence electrons. The van der Waals surface area contributed by atoms with E-state index >= 15 is 0 Å². The average Bonchev–Trinajstić information content (AvgIpc) is 2.76. The zero-order chi connectivity index (χ0) is 12.3. The van der Waals surface area contributed by atoms with Crippen molar-refractivity contribution < 1.29 is 5.11 Å². The van der Waals surface area contributed by atoms with Crippen LogP contribution in [0.2, 0.25) is 0 Å². The minimum Gasteiger partial charge on any atom is -0.391 e. The van der Waals surface area contributed by atoms with E-state index in [2.05, 4.69) is 24.1 Å². The molecule has 1 aliphatic heterocycles. The van der Waals surface area contributed by atoms with Crippen LogP contribution in [0.25, 0.3) is 0 Å². The molecule has 3 nitrogen and oxygen atoms in total. The van der Waals surface area contributed by atoms with E-state index in [4.69, 9.17) is 0 Å². The molecular formula is C14H28N2O. The van der Waals surface area contributed by atoms with E-state index in [0.717, 1.165) is 25.4 Å². The van der Waals surface area contributed by atoms with Crippen LogP contribution >= 0.6 is 0 Å². The van der Waals surface area contributed by atoms with Crippen LogP contribution in [0.4, 0.5) is 0 Å². The summed E-state index contributed by atoms with van der Waals surface area (Å²) in [4.78, 5) is 2.56. The summed E-state index contributed by atoms with van der Waals surface area (Å²) in [5.74, 6) is 0.761. The molecule has 2 fully saturated rings. The van der Waals surface area contributed by atoms with Crippen molar-refractivity contribution in [2.24, 2.45) is 5.92 Å². The molecule has 0 radical (unpaired) electrons. The quantitative estimate of drug-likeness (QED) is 0.783. The van der Waals surface area contributed by atoms with E-state index in [0.29, 0.717) is 12.1 Å². The lowest BCUT2D eigenvalue weighted by Gasteiger charge is -2.42. The second-order valence-corrected chi connectivity index (χ2v) is 5.68. The van der Waals surface area contributed by atoms with E-state index < -0.39 is 0 Å². The van der Waals surface area contributed by atoms with Gasteiger partial charge in [-0.15, -0.1) is 0 Å². The van der Waals surface area contributed by atoms with Crippen LogP contribution in [0.1, 0.15) is 46.0 Å². The number of hydrogen-bond donors (Lipinski definition) is 2. The molecule has 1 saturated carbocycles. The normalized spacial score (nSPS) is 39.7. The lowest BCUT2D eigenvalue weighted by Crippen LogP contribution is -2.53. The average molecular weight is 240 g/mol. The molecule has 0 aromatic rings. The molecule has 2 rings (SSSR count). The number of likely N-dealkylation sites (tertiary alicyclic amines) is 1. The highest BCUT2D eigenvalue weighted by Gasteiger charge is 2.35. The number of piperidine rings is 1. The molecule has 4 unspecified atom stereocenters. The first-order valence-electron chi connectivity index (χ1n) is 7.41. The maximum absolute atomic E-state index is 10.0. The summed E-state index contributed by atoms with van der Waals surface area (Å²) in [7, 11) is 0. The van der Waals surface area contributed by atoms with Gasteiger partial charge in [0.25, 0.3) is 0 Å². The van der Waals surface area contributed by atoms with Crippen molar-refractivity contribution in [3.05, 3.63) is 0 Å². The Morgan fingerprint density at radius 1 is 1.24 bits per heavy atom. The number of aliphatic hydroxyl groups excluding tert-OH is 1. The van der Waals surface area contributed by atoms with Crippen molar-refractivity contribution in [2.45, 2.75) is 64.1 Å². The molecule has 2 N–H and O–H groups in total. The Labute approximate surface area is 106 Å². The summed E-state index contributed by atoms with van der Waals surface area (Å²) in [5, 5.41) is 13.6. The van der Waals surface area contributed by atoms with Crippen molar-refractivity contribution >= 4 is 0 Å². The summed E-state index contributed by atoms with van der Waals surface area (Å²) in [6.07, 6.45) is 5.84. The van der Waals surface area contributed by atoms with E-state index in [1.54, 1.807) is 0 Å². The van der Waals surface area contributed by atoms with Crippen LogP contribution in [0.3, 0.4) is 0 Å². The summed E-state index contributed by atoms with van der Waals surface area (Å²) >= 11 is 0. The first-order chi connectivity index (χ1) is 8.26. The van der Waals surface area contributed by atoms with Gasteiger partial charge in [0, 0.05) is 25.2 Å². The Balaban J connectivity index is 1.91. The summed E-state index contributed by atoms with van der Waals surface area (Å²) in [6, 6.07) is 1.14. The molecule has 0 aromatic carbocycles. The van der Waals surface area contributed by atoms with Crippen LogP contribution in [-0.2, 0) is 0 Å². The number of nitrogens with zero attached hydrogens (tertiary/aromatic N) is 1. The minimum atomic E-state index is -0.0665. The number of aliphatic hydroxyl groups is 1. The standard InChI is InChI=1S/C14H28N2O/c1-3-11-10-16(9-8-12(11)15-4-2)13-6-5-7-14(13)17/h11-15,17H,3-10H2,1-2H3. The summed E-state index contributed by atoms with van der Waals surface area (Å²) in [5.41, 5.74) is 0. The lowest BCUT2D eigenvalue weighted by atomic mass is 9.88. The SMILES string of the molecule is CCNC1CCN(C2CCCC2O)CC1CC. The van der Waals surface area contributed by atoms with E-state index in [1.165, 1.54) is 32.2 Å². The Bertz CT molecular complexity index is 234. The Hall–Kier alpha value is -0.120. The molecule has 1 saturated heterocycles. The molecule has 0 bridgehead atoms. The van der Waals surface area contributed by atoms with Gasteiger partial charge in [0.2, 0.25) is 0 Å². The smallest absolute Gasteiger partial charge is 0.0695 e. The van der Waals surface area contributed by atoms with Crippen molar-refractivity contribution in [1.82, 2.24) is 10.2 Å². The van der Waals surface area contributed by atoms with Crippen LogP contribution in [0, 0.1) is 5.92 Å². The number of nitrogens with one attached hydrogen (secondary N) is 1. The van der Waals surface area contributed by atoms with Gasteiger partial charge in [0.1, 0.15) is 0 Å². The van der Waals surface area contributed by atoms with E-state index in [1.807, 2.05) is 0 Å². The third-order valence-corrected chi connectivity index (χ3v) is 4.67. The second-order valence-electron chi connectivity index (χ2n) is 5.68. The largest absolute Gasteiger partial charge is 0.391 e. The van der Waals surface area contributed by atoms with Gasteiger partial charge >= 0.3 is 0 Å². The lowest BCUT2D eigenvalue weighted by molar-refractivity contribution is 0.0320. The van der Waals surface area contributed by atoms with Gasteiger partial charge in [-0.05, 0) is 38.1 Å². The van der Waals surface area contributed by atoms with E-state index in [-0.39, 0.29) is 6.10 Å². The Morgan fingerprint density at radius 3 is 2.65 bits per heavy atom. The van der Waals surface area contributed by atoms with Gasteiger partial charge in [-0.25, -0.2) is 0 Å². The van der Waals surface area contributed by atoms with Crippen LogP contribution in [-0.4, -0.2) is 47.8 Å². The third kappa shape index (κ3) is 3.01. The van der Waals surface area contributed by atoms with Gasteiger partial charge in [-0.3, -0.25) is 4.90 Å². The van der Waals surface area contributed by atoms with Gasteiger partial charge in [-0.1, -0.05) is 20.3 Å². The molecule has 4 atom stereocenters. The molecule has 0 spiro atoms. The van der Waals surface area contributed by atoms with Gasteiger partial charge < -0.3 is 10.4 Å². The minimum absolute atomic E-state index is 0.0665. The highest BCUT2D eigenvalue weighted by molar-refractivity contribution is 4.91. The molecule has 1 aliphatic carbocycles. The molecule has 2 aliphatic rings. The fraction of sp³-hybridized carbons (Fsp3) is 1.00. The predicted octanol–water partition coefficient (Wildman–Crippen LogP) is 1.61. The van der Waals surface area contributed by atoms with Gasteiger partial charge in [0.05, 0.1) is 6.10 Å². The van der Waals surface area contributed by atoms with Crippen molar-refractivity contribution in [1.29, 1.82) is 0 Å². The zero-order valence-electron chi connectivity index (χ0n) is 11.4. The first-order valence-corrected chi connectivity index (χ1v) is 7.41. The van der Waals surface area contributed by atoms with E-state index in [9.17, 15) is 5.11 Å². The topological polar surface area (TPSA) is 35.5 Å². The number of rotatable bonds is 4. The predicted molar refractivity (Wildman–Crippen MR) is 71.1 cm³/mol. The van der Waals surface area contributed by atoms with Crippen LogP contribution in [0.5, 0.6) is 0 Å². The summed E-state index contributed by atoms with van der Waals surface area (Å²) in [6.45, 7) is 7.91. The fourth-order valence-electron chi connectivity index (χ4n) is 3.65. The highest BCUT2D eigenvalue weighted by Crippen LogP contribution is 2.29. The van der Waals surface area contributed by atoms with Gasteiger partial charge in [-0.2, -0.15) is 0 Å². The molecule has 1 heterocycles. The second kappa shape index (κ2) is 6.17. The molecule has 0 aromatic heterocycles. The molecule has 17 heavy (non-hydrogen) atoms. The molecule has 0 amide bonds. The van der Waals surface area contributed by atoms with Crippen molar-refractivity contribution in [2.75, 3.05) is 19.6 Å². The molecule has 3 heteroatoms. The number of hydrogen-bond acceptors (Lipinski definition) is 3. The van der Waals surface area contributed by atoms with Crippen molar-refractivity contribution in [3.63, 3.8) is 0 Å². The molecular weight excluding hydrogens is 212 g/mol. The van der Waals surface area contributed by atoms with Crippen molar-refractivity contribution in [3.8, 4) is 0 Å².